The zero-order chi connectivity index (χ0) is 13.9. The number of hydrogen-bond donors (Lipinski definition) is 0. The number of pyridine rings is 1. The molecule has 3 heteroatoms. The number of hydrogen-bond acceptors (Lipinski definition) is 3. The maximum Gasteiger partial charge on any atom is 0.124 e. The lowest BCUT2D eigenvalue weighted by Crippen LogP contribution is -2.53. The largest absolute Gasteiger partial charge is 0.488 e. The first-order valence-electron chi connectivity index (χ1n) is 7.06. The van der Waals surface area contributed by atoms with Gasteiger partial charge in [0.15, 0.2) is 0 Å². The van der Waals surface area contributed by atoms with Gasteiger partial charge in [-0.25, -0.2) is 0 Å². The quantitative estimate of drug-likeness (QED) is 0.852. The van der Waals surface area contributed by atoms with Crippen molar-refractivity contribution in [3.05, 3.63) is 59.4 Å². The van der Waals surface area contributed by atoms with Gasteiger partial charge in [-0.05, 0) is 37.1 Å². The number of nitrogens with zero attached hydrogens (tertiary/aromatic N) is 2. The van der Waals surface area contributed by atoms with Crippen LogP contribution in [0.5, 0.6) is 5.75 Å². The number of ether oxygens (including phenoxy) is 1. The summed E-state index contributed by atoms with van der Waals surface area (Å²) < 4.78 is 5.89. The minimum atomic E-state index is 0.308. The Bertz CT molecular complexity index is 577. The summed E-state index contributed by atoms with van der Waals surface area (Å²) >= 11 is 0. The molecule has 104 valence electrons. The molecule has 1 fully saturated rings. The topological polar surface area (TPSA) is 25.4 Å². The Hall–Kier alpha value is -1.87. The van der Waals surface area contributed by atoms with Crippen molar-refractivity contribution in [1.82, 2.24) is 9.88 Å². The third kappa shape index (κ3) is 2.99. The van der Waals surface area contributed by atoms with E-state index in [-0.39, 0.29) is 0 Å². The summed E-state index contributed by atoms with van der Waals surface area (Å²) in [6.07, 6.45) is 3.84. The molecule has 0 amide bonds. The molecule has 0 aliphatic carbocycles. The van der Waals surface area contributed by atoms with Crippen LogP contribution >= 0.6 is 0 Å². The molecule has 1 aliphatic rings. The van der Waals surface area contributed by atoms with Crippen LogP contribution in [0.2, 0.25) is 0 Å². The summed E-state index contributed by atoms with van der Waals surface area (Å²) in [5.74, 6) is 0.913. The third-order valence-corrected chi connectivity index (χ3v) is 3.77. The van der Waals surface area contributed by atoms with Crippen LogP contribution in [0, 0.1) is 13.8 Å². The summed E-state index contributed by atoms with van der Waals surface area (Å²) in [6.45, 7) is 7.34. The zero-order valence-corrected chi connectivity index (χ0v) is 12.0. The molecule has 0 bridgehead atoms. The molecule has 1 aromatic carbocycles. The van der Waals surface area contributed by atoms with Crippen molar-refractivity contribution in [1.29, 1.82) is 0 Å². The van der Waals surface area contributed by atoms with Crippen LogP contribution in [0.1, 0.15) is 16.7 Å². The molecule has 3 rings (SSSR count). The molecule has 0 unspecified atom stereocenters. The Kier molecular flexibility index (Phi) is 3.70. The van der Waals surface area contributed by atoms with Gasteiger partial charge in [0, 0.05) is 32.0 Å². The van der Waals surface area contributed by atoms with E-state index in [1.54, 1.807) is 12.4 Å². The molecule has 1 aliphatic heterocycles. The molecule has 1 saturated heterocycles. The fourth-order valence-corrected chi connectivity index (χ4v) is 2.55. The van der Waals surface area contributed by atoms with E-state index in [1.807, 2.05) is 12.1 Å². The molecular formula is C17H20N2O. The monoisotopic (exact) mass is 268 g/mol. The number of aryl methyl sites for hydroxylation is 2. The predicted octanol–water partition coefficient (Wildman–Crippen LogP) is 2.96. The number of benzene rings is 1. The van der Waals surface area contributed by atoms with Crippen LogP contribution in [0.4, 0.5) is 0 Å². The lowest BCUT2D eigenvalue weighted by atomic mass is 10.0. The maximum atomic E-state index is 5.89. The number of likely N-dealkylation sites (tertiary alicyclic amines) is 1. The van der Waals surface area contributed by atoms with Gasteiger partial charge in [0.1, 0.15) is 11.9 Å². The Morgan fingerprint density at radius 3 is 2.65 bits per heavy atom. The molecule has 20 heavy (non-hydrogen) atoms. The number of rotatable bonds is 4. The standard InChI is InChI=1S/C17H20N2O/c1-13-3-4-14(2)15(9-13)10-19-11-17(12-19)20-16-5-7-18-8-6-16/h3-9,17H,10-12H2,1-2H3. The Balaban J connectivity index is 1.52. The van der Waals surface area contributed by atoms with Crippen molar-refractivity contribution in [3.63, 3.8) is 0 Å². The molecular weight excluding hydrogens is 248 g/mol. The van der Waals surface area contributed by atoms with E-state index in [0.29, 0.717) is 6.10 Å². The summed E-state index contributed by atoms with van der Waals surface area (Å²) in [6, 6.07) is 10.5. The fraction of sp³-hybridized carbons (Fsp3) is 0.353. The zero-order valence-electron chi connectivity index (χ0n) is 12.0. The van der Waals surface area contributed by atoms with E-state index >= 15 is 0 Å². The van der Waals surface area contributed by atoms with Gasteiger partial charge in [0.2, 0.25) is 0 Å². The lowest BCUT2D eigenvalue weighted by molar-refractivity contribution is 0.0144. The molecule has 0 spiro atoms. The highest BCUT2D eigenvalue weighted by Crippen LogP contribution is 2.21. The third-order valence-electron chi connectivity index (χ3n) is 3.77. The predicted molar refractivity (Wildman–Crippen MR) is 79.8 cm³/mol. The van der Waals surface area contributed by atoms with Crippen molar-refractivity contribution >= 4 is 0 Å². The minimum absolute atomic E-state index is 0.308. The molecule has 2 heterocycles. The second-order valence-corrected chi connectivity index (χ2v) is 5.55. The van der Waals surface area contributed by atoms with Gasteiger partial charge < -0.3 is 4.74 Å². The minimum Gasteiger partial charge on any atom is -0.488 e. The summed E-state index contributed by atoms with van der Waals surface area (Å²) in [5, 5.41) is 0. The summed E-state index contributed by atoms with van der Waals surface area (Å²) in [7, 11) is 0. The molecule has 1 aromatic heterocycles. The first-order chi connectivity index (χ1) is 9.70. The van der Waals surface area contributed by atoms with Gasteiger partial charge in [-0.1, -0.05) is 23.8 Å². The van der Waals surface area contributed by atoms with E-state index < -0.39 is 0 Å². The summed E-state index contributed by atoms with van der Waals surface area (Å²) in [4.78, 5) is 6.42. The number of aromatic nitrogens is 1. The normalized spacial score (nSPS) is 15.9. The van der Waals surface area contributed by atoms with Crippen molar-refractivity contribution in [3.8, 4) is 5.75 Å². The van der Waals surface area contributed by atoms with Gasteiger partial charge in [-0.3, -0.25) is 9.88 Å². The van der Waals surface area contributed by atoms with Crippen LogP contribution in [0.3, 0.4) is 0 Å². The average molecular weight is 268 g/mol. The van der Waals surface area contributed by atoms with Gasteiger partial charge in [0.25, 0.3) is 0 Å². The van der Waals surface area contributed by atoms with Crippen LogP contribution < -0.4 is 4.74 Å². The molecule has 0 radical (unpaired) electrons. The van der Waals surface area contributed by atoms with Crippen LogP contribution in [-0.4, -0.2) is 29.1 Å². The van der Waals surface area contributed by atoms with Gasteiger partial charge in [-0.2, -0.15) is 0 Å². The van der Waals surface area contributed by atoms with E-state index in [1.165, 1.54) is 16.7 Å². The van der Waals surface area contributed by atoms with E-state index in [2.05, 4.69) is 41.9 Å². The Morgan fingerprint density at radius 2 is 1.90 bits per heavy atom. The molecule has 3 nitrogen and oxygen atoms in total. The van der Waals surface area contributed by atoms with Crippen LogP contribution in [-0.2, 0) is 6.54 Å². The molecule has 2 aromatic rings. The first kappa shape index (κ1) is 13.1. The van der Waals surface area contributed by atoms with Gasteiger partial charge in [-0.15, -0.1) is 0 Å². The highest BCUT2D eigenvalue weighted by atomic mass is 16.5. The van der Waals surface area contributed by atoms with Gasteiger partial charge in [0.05, 0.1) is 0 Å². The summed E-state index contributed by atoms with van der Waals surface area (Å²) in [5.41, 5.74) is 4.12. The van der Waals surface area contributed by atoms with Crippen LogP contribution in [0.25, 0.3) is 0 Å². The smallest absolute Gasteiger partial charge is 0.124 e. The van der Waals surface area contributed by atoms with Gasteiger partial charge >= 0.3 is 0 Å². The highest BCUT2D eigenvalue weighted by Gasteiger charge is 2.28. The first-order valence-corrected chi connectivity index (χ1v) is 7.06. The lowest BCUT2D eigenvalue weighted by Gasteiger charge is -2.39. The maximum absolute atomic E-state index is 5.89. The second kappa shape index (κ2) is 5.63. The Labute approximate surface area is 120 Å². The average Bonchev–Trinajstić information content (AvgIpc) is 2.41. The Morgan fingerprint density at radius 1 is 1.15 bits per heavy atom. The molecule has 0 N–H and O–H groups in total. The van der Waals surface area contributed by atoms with Crippen molar-refractivity contribution in [2.45, 2.75) is 26.5 Å². The molecule has 0 saturated carbocycles. The molecule has 0 atom stereocenters. The van der Waals surface area contributed by atoms with Crippen molar-refractivity contribution in [2.24, 2.45) is 0 Å². The highest BCUT2D eigenvalue weighted by molar-refractivity contribution is 5.30. The second-order valence-electron chi connectivity index (χ2n) is 5.55. The SMILES string of the molecule is Cc1ccc(C)c(CN2CC(Oc3ccncc3)C2)c1. The van der Waals surface area contributed by atoms with Crippen molar-refractivity contribution < 1.29 is 4.74 Å². The van der Waals surface area contributed by atoms with Crippen LogP contribution in [0.15, 0.2) is 42.7 Å². The fourth-order valence-electron chi connectivity index (χ4n) is 2.55. The van der Waals surface area contributed by atoms with Crippen molar-refractivity contribution in [2.75, 3.05) is 13.1 Å². The van der Waals surface area contributed by atoms with E-state index in [9.17, 15) is 0 Å². The van der Waals surface area contributed by atoms with E-state index in [4.69, 9.17) is 4.74 Å². The van der Waals surface area contributed by atoms with E-state index in [0.717, 1.165) is 25.4 Å².